The third-order valence-corrected chi connectivity index (χ3v) is 4.01. The fraction of sp³-hybridized carbons (Fsp3) is 0.643. The summed E-state index contributed by atoms with van der Waals surface area (Å²) in [5.41, 5.74) is 6.14. The fourth-order valence-electron chi connectivity index (χ4n) is 3.05. The van der Waals surface area contributed by atoms with Gasteiger partial charge in [0.25, 0.3) is 0 Å². The van der Waals surface area contributed by atoms with Gasteiger partial charge in [0, 0.05) is 25.2 Å². The third kappa shape index (κ3) is 2.78. The number of amides is 1. The number of carbonyl (C=O) groups is 1. The minimum absolute atomic E-state index is 0.129. The van der Waals surface area contributed by atoms with Gasteiger partial charge in [0.15, 0.2) is 0 Å². The molecule has 1 heterocycles. The monoisotopic (exact) mass is 234 g/mol. The Morgan fingerprint density at radius 3 is 2.82 bits per heavy atom. The van der Waals surface area contributed by atoms with E-state index in [0.29, 0.717) is 17.9 Å². The molecule has 3 nitrogen and oxygen atoms in total. The predicted molar refractivity (Wildman–Crippen MR) is 69.3 cm³/mol. The molecule has 1 saturated heterocycles. The minimum atomic E-state index is 0.129. The summed E-state index contributed by atoms with van der Waals surface area (Å²) in [5, 5.41) is 0. The molecule has 94 valence electrons. The van der Waals surface area contributed by atoms with E-state index in [-0.39, 0.29) is 5.91 Å². The van der Waals surface area contributed by atoms with E-state index in [1.165, 1.54) is 12.8 Å². The SMILES string of the molecule is CC=CC=CC(=O)N1CC2CCCC(N)C2C1. The molecular formula is C14H22N2O. The lowest BCUT2D eigenvalue weighted by atomic mass is 9.78. The van der Waals surface area contributed by atoms with Crippen LogP contribution in [0.5, 0.6) is 0 Å². The lowest BCUT2D eigenvalue weighted by molar-refractivity contribution is -0.125. The van der Waals surface area contributed by atoms with Crippen molar-refractivity contribution in [1.82, 2.24) is 4.90 Å². The molecule has 0 spiro atoms. The first kappa shape index (κ1) is 12.4. The number of nitrogens with zero attached hydrogens (tertiary/aromatic N) is 1. The van der Waals surface area contributed by atoms with Crippen LogP contribution < -0.4 is 5.73 Å². The van der Waals surface area contributed by atoms with Gasteiger partial charge in [-0.25, -0.2) is 0 Å². The average molecular weight is 234 g/mol. The molecule has 3 heteroatoms. The Balaban J connectivity index is 1.94. The summed E-state index contributed by atoms with van der Waals surface area (Å²) < 4.78 is 0. The van der Waals surface area contributed by atoms with Gasteiger partial charge >= 0.3 is 0 Å². The van der Waals surface area contributed by atoms with Crippen LogP contribution in [0.3, 0.4) is 0 Å². The largest absolute Gasteiger partial charge is 0.339 e. The third-order valence-electron chi connectivity index (χ3n) is 4.01. The molecule has 2 aliphatic rings. The standard InChI is InChI=1S/C14H22N2O/c1-2-3-4-8-14(17)16-9-11-6-5-7-13(15)12(11)10-16/h2-4,8,11-13H,5-7,9-10,15H2,1H3. The topological polar surface area (TPSA) is 46.3 Å². The number of carbonyl (C=O) groups excluding carboxylic acids is 1. The van der Waals surface area contributed by atoms with Crippen LogP contribution in [-0.2, 0) is 4.79 Å². The normalized spacial score (nSPS) is 33.5. The lowest BCUT2D eigenvalue weighted by Gasteiger charge is -2.29. The molecular weight excluding hydrogens is 212 g/mol. The summed E-state index contributed by atoms with van der Waals surface area (Å²) in [7, 11) is 0. The fourth-order valence-corrected chi connectivity index (χ4v) is 3.05. The van der Waals surface area contributed by atoms with Crippen molar-refractivity contribution < 1.29 is 4.79 Å². The zero-order valence-corrected chi connectivity index (χ0v) is 10.5. The zero-order chi connectivity index (χ0) is 12.3. The Bertz CT molecular complexity index is 335. The van der Waals surface area contributed by atoms with Crippen LogP contribution in [0, 0.1) is 11.8 Å². The summed E-state index contributed by atoms with van der Waals surface area (Å²) in [6, 6.07) is 0.297. The van der Waals surface area contributed by atoms with Gasteiger partial charge in [-0.05, 0) is 31.6 Å². The first-order valence-electron chi connectivity index (χ1n) is 6.56. The van der Waals surface area contributed by atoms with E-state index >= 15 is 0 Å². The molecule has 1 amide bonds. The number of hydrogen-bond donors (Lipinski definition) is 1. The molecule has 0 aromatic carbocycles. The summed E-state index contributed by atoms with van der Waals surface area (Å²) in [6.07, 6.45) is 10.8. The van der Waals surface area contributed by atoms with E-state index < -0.39 is 0 Å². The molecule has 1 aliphatic heterocycles. The Labute approximate surface area is 103 Å². The Morgan fingerprint density at radius 2 is 2.12 bits per heavy atom. The molecule has 3 atom stereocenters. The summed E-state index contributed by atoms with van der Waals surface area (Å²) >= 11 is 0. The van der Waals surface area contributed by atoms with Crippen LogP contribution in [0.4, 0.5) is 0 Å². The number of nitrogens with two attached hydrogens (primary N) is 1. The minimum Gasteiger partial charge on any atom is -0.339 e. The van der Waals surface area contributed by atoms with Crippen molar-refractivity contribution >= 4 is 5.91 Å². The molecule has 2 rings (SSSR count). The second-order valence-electron chi connectivity index (χ2n) is 5.15. The van der Waals surface area contributed by atoms with E-state index in [1.807, 2.05) is 30.1 Å². The molecule has 17 heavy (non-hydrogen) atoms. The number of likely N-dealkylation sites (tertiary alicyclic amines) is 1. The van der Waals surface area contributed by atoms with Gasteiger partial charge in [0.2, 0.25) is 5.91 Å². The Morgan fingerprint density at radius 1 is 1.29 bits per heavy atom. The van der Waals surface area contributed by atoms with E-state index in [2.05, 4.69) is 0 Å². The summed E-state index contributed by atoms with van der Waals surface area (Å²) in [6.45, 7) is 3.69. The lowest BCUT2D eigenvalue weighted by Crippen LogP contribution is -2.38. The van der Waals surface area contributed by atoms with E-state index in [4.69, 9.17) is 5.73 Å². The molecule has 2 N–H and O–H groups in total. The van der Waals surface area contributed by atoms with Crippen LogP contribution in [-0.4, -0.2) is 29.9 Å². The molecule has 0 aromatic rings. The molecule has 0 bridgehead atoms. The van der Waals surface area contributed by atoms with Gasteiger partial charge < -0.3 is 10.6 Å². The van der Waals surface area contributed by atoms with Crippen LogP contribution in [0.1, 0.15) is 26.2 Å². The first-order valence-corrected chi connectivity index (χ1v) is 6.56. The van der Waals surface area contributed by atoms with Crippen molar-refractivity contribution in [3.05, 3.63) is 24.3 Å². The van der Waals surface area contributed by atoms with Crippen LogP contribution in [0.15, 0.2) is 24.3 Å². The number of hydrogen-bond acceptors (Lipinski definition) is 2. The quantitative estimate of drug-likeness (QED) is 0.584. The number of allylic oxidation sites excluding steroid dienone is 3. The van der Waals surface area contributed by atoms with Gasteiger partial charge in [-0.15, -0.1) is 0 Å². The van der Waals surface area contributed by atoms with Crippen LogP contribution in [0.25, 0.3) is 0 Å². The summed E-state index contributed by atoms with van der Waals surface area (Å²) in [4.78, 5) is 13.9. The van der Waals surface area contributed by atoms with Crippen molar-refractivity contribution in [2.45, 2.75) is 32.2 Å². The van der Waals surface area contributed by atoms with E-state index in [0.717, 1.165) is 19.5 Å². The van der Waals surface area contributed by atoms with Crippen molar-refractivity contribution in [2.75, 3.05) is 13.1 Å². The summed E-state index contributed by atoms with van der Waals surface area (Å²) in [5.74, 6) is 1.30. The molecule has 1 saturated carbocycles. The second-order valence-corrected chi connectivity index (χ2v) is 5.15. The number of rotatable bonds is 2. The molecule has 2 fully saturated rings. The van der Waals surface area contributed by atoms with E-state index in [1.54, 1.807) is 6.08 Å². The van der Waals surface area contributed by atoms with Crippen molar-refractivity contribution in [3.8, 4) is 0 Å². The highest BCUT2D eigenvalue weighted by Gasteiger charge is 2.39. The predicted octanol–water partition coefficient (Wildman–Crippen LogP) is 1.70. The molecule has 0 radical (unpaired) electrons. The average Bonchev–Trinajstić information content (AvgIpc) is 2.75. The smallest absolute Gasteiger partial charge is 0.246 e. The van der Waals surface area contributed by atoms with Gasteiger partial charge in [-0.1, -0.05) is 24.6 Å². The van der Waals surface area contributed by atoms with Crippen LogP contribution in [0.2, 0.25) is 0 Å². The van der Waals surface area contributed by atoms with Gasteiger partial charge in [-0.2, -0.15) is 0 Å². The Kier molecular flexibility index (Phi) is 4.00. The van der Waals surface area contributed by atoms with Crippen LogP contribution >= 0.6 is 0 Å². The highest BCUT2D eigenvalue weighted by Crippen LogP contribution is 2.35. The van der Waals surface area contributed by atoms with Crippen molar-refractivity contribution in [1.29, 1.82) is 0 Å². The van der Waals surface area contributed by atoms with Crippen molar-refractivity contribution in [2.24, 2.45) is 17.6 Å². The van der Waals surface area contributed by atoms with Gasteiger partial charge in [-0.3, -0.25) is 4.79 Å². The molecule has 0 aromatic heterocycles. The Hall–Kier alpha value is -1.09. The molecule has 1 aliphatic carbocycles. The molecule has 3 unspecified atom stereocenters. The zero-order valence-electron chi connectivity index (χ0n) is 10.5. The first-order chi connectivity index (χ1) is 8.22. The highest BCUT2D eigenvalue weighted by atomic mass is 16.2. The van der Waals surface area contributed by atoms with Crippen molar-refractivity contribution in [3.63, 3.8) is 0 Å². The maximum atomic E-state index is 11.9. The maximum absolute atomic E-state index is 11.9. The maximum Gasteiger partial charge on any atom is 0.246 e. The van der Waals surface area contributed by atoms with Gasteiger partial charge in [0.05, 0.1) is 0 Å². The highest BCUT2D eigenvalue weighted by molar-refractivity contribution is 5.88. The van der Waals surface area contributed by atoms with E-state index in [9.17, 15) is 4.79 Å². The number of fused-ring (bicyclic) bond motifs is 1. The van der Waals surface area contributed by atoms with Gasteiger partial charge in [0.1, 0.15) is 0 Å². The second kappa shape index (κ2) is 5.50.